The van der Waals surface area contributed by atoms with E-state index in [0.717, 1.165) is 4.88 Å². The van der Waals surface area contributed by atoms with Crippen LogP contribution in [0.25, 0.3) is 11.4 Å². The molecule has 0 bridgehead atoms. The Labute approximate surface area is 148 Å². The smallest absolute Gasteiger partial charge is 0.247 e. The van der Waals surface area contributed by atoms with Gasteiger partial charge in [0.25, 0.3) is 0 Å². The summed E-state index contributed by atoms with van der Waals surface area (Å²) in [5.41, 5.74) is 0.519. The first-order chi connectivity index (χ1) is 12.0. The fourth-order valence-corrected chi connectivity index (χ4v) is 5.37. The van der Waals surface area contributed by atoms with E-state index in [1.54, 1.807) is 28.3 Å². The number of nitrogens with zero attached hydrogens (tertiary/aromatic N) is 3. The third-order valence-corrected chi connectivity index (χ3v) is 6.81. The minimum absolute atomic E-state index is 0.0746. The third-order valence-electron chi connectivity index (χ3n) is 4.18. The molecular formula is C16H16N4O3S2. The molecule has 9 heteroatoms. The highest BCUT2D eigenvalue weighted by molar-refractivity contribution is 7.91. The number of pyridine rings is 1. The van der Waals surface area contributed by atoms with Gasteiger partial charge in [-0.1, -0.05) is 6.07 Å². The van der Waals surface area contributed by atoms with Crippen LogP contribution in [0.1, 0.15) is 23.2 Å². The second-order valence-corrected chi connectivity index (χ2v) is 9.31. The summed E-state index contributed by atoms with van der Waals surface area (Å²) in [6.07, 6.45) is 2.71. The first-order valence-corrected chi connectivity index (χ1v) is 10.6. The number of H-pyrrole nitrogens is 1. The molecule has 1 aliphatic rings. The number of nitrogens with one attached hydrogen (secondary N) is 1. The molecule has 0 aliphatic carbocycles. The Morgan fingerprint density at radius 3 is 2.84 bits per heavy atom. The first-order valence-electron chi connectivity index (χ1n) is 7.87. The molecule has 1 aliphatic heterocycles. The quantitative estimate of drug-likeness (QED) is 0.747. The molecule has 0 radical (unpaired) electrons. The molecule has 25 heavy (non-hydrogen) atoms. The van der Waals surface area contributed by atoms with Crippen molar-refractivity contribution in [3.63, 3.8) is 0 Å². The van der Waals surface area contributed by atoms with Crippen molar-refractivity contribution in [1.82, 2.24) is 19.7 Å². The summed E-state index contributed by atoms with van der Waals surface area (Å²) in [5, 5.41) is 6.59. The number of rotatable bonds is 4. The Morgan fingerprint density at radius 1 is 1.32 bits per heavy atom. The molecule has 0 amide bonds. The molecule has 1 fully saturated rings. The molecule has 1 atom stereocenters. The molecule has 1 unspecified atom stereocenters. The molecule has 0 spiro atoms. The lowest BCUT2D eigenvalue weighted by molar-refractivity contribution is 0.500. The van der Waals surface area contributed by atoms with Gasteiger partial charge in [-0.05, 0) is 23.9 Å². The Morgan fingerprint density at radius 2 is 2.20 bits per heavy atom. The molecule has 7 nitrogen and oxygen atoms in total. The molecule has 3 aromatic heterocycles. The van der Waals surface area contributed by atoms with Gasteiger partial charge in [0.05, 0.1) is 17.5 Å². The van der Waals surface area contributed by atoms with Crippen LogP contribution in [0.2, 0.25) is 0 Å². The lowest BCUT2D eigenvalue weighted by atomic mass is 10.2. The SMILES string of the molecule is O=c1ccc(-c2nc(Cc3cccs3)nn2C2CCS(=O)(=O)C2)c[nH]1. The average Bonchev–Trinajstić information content (AvgIpc) is 3.29. The van der Waals surface area contributed by atoms with E-state index in [2.05, 4.69) is 15.1 Å². The normalized spacial score (nSPS) is 19.3. The van der Waals surface area contributed by atoms with Gasteiger partial charge < -0.3 is 4.98 Å². The highest BCUT2D eigenvalue weighted by atomic mass is 32.2. The van der Waals surface area contributed by atoms with Crippen LogP contribution in [0, 0.1) is 0 Å². The van der Waals surface area contributed by atoms with Gasteiger partial charge in [-0.15, -0.1) is 11.3 Å². The van der Waals surface area contributed by atoms with E-state index in [1.807, 2.05) is 17.5 Å². The van der Waals surface area contributed by atoms with Crippen molar-refractivity contribution >= 4 is 21.2 Å². The predicted molar refractivity (Wildman–Crippen MR) is 95.5 cm³/mol. The number of hydrogen-bond donors (Lipinski definition) is 1. The fourth-order valence-electron chi connectivity index (χ4n) is 2.98. The number of sulfone groups is 1. The maximum atomic E-state index is 11.9. The van der Waals surface area contributed by atoms with Crippen LogP contribution in [0.3, 0.4) is 0 Å². The fraction of sp³-hybridized carbons (Fsp3) is 0.312. The van der Waals surface area contributed by atoms with E-state index in [-0.39, 0.29) is 23.1 Å². The Kier molecular flexibility index (Phi) is 4.04. The largest absolute Gasteiger partial charge is 0.328 e. The Hall–Kier alpha value is -2.26. The Bertz CT molecular complexity index is 1030. The van der Waals surface area contributed by atoms with Crippen molar-refractivity contribution in [3.05, 3.63) is 56.9 Å². The summed E-state index contributed by atoms with van der Waals surface area (Å²) in [4.78, 5) is 19.7. The van der Waals surface area contributed by atoms with Crippen molar-refractivity contribution in [2.45, 2.75) is 18.9 Å². The monoisotopic (exact) mass is 376 g/mol. The van der Waals surface area contributed by atoms with E-state index < -0.39 is 9.84 Å². The van der Waals surface area contributed by atoms with Crippen LogP contribution in [-0.2, 0) is 16.3 Å². The molecule has 130 valence electrons. The van der Waals surface area contributed by atoms with Gasteiger partial charge in [-0.25, -0.2) is 18.1 Å². The number of aromatic nitrogens is 4. The topological polar surface area (TPSA) is 97.7 Å². The maximum Gasteiger partial charge on any atom is 0.247 e. The third kappa shape index (κ3) is 3.42. The zero-order chi connectivity index (χ0) is 17.4. The number of thiophene rings is 1. The molecule has 0 aromatic carbocycles. The number of hydrogen-bond acceptors (Lipinski definition) is 6. The lowest BCUT2D eigenvalue weighted by Gasteiger charge is -2.11. The maximum absolute atomic E-state index is 11.9. The van der Waals surface area contributed by atoms with Crippen LogP contribution in [-0.4, -0.2) is 39.7 Å². The highest BCUT2D eigenvalue weighted by Crippen LogP contribution is 2.28. The van der Waals surface area contributed by atoms with Gasteiger partial charge in [0.15, 0.2) is 21.5 Å². The van der Waals surface area contributed by atoms with Crippen LogP contribution in [0.5, 0.6) is 0 Å². The predicted octanol–water partition coefficient (Wildman–Crippen LogP) is 1.65. The molecule has 1 N–H and O–H groups in total. The van der Waals surface area contributed by atoms with Crippen LogP contribution < -0.4 is 5.56 Å². The summed E-state index contributed by atoms with van der Waals surface area (Å²) >= 11 is 1.63. The molecule has 0 saturated carbocycles. The zero-order valence-electron chi connectivity index (χ0n) is 13.3. The molecular weight excluding hydrogens is 360 g/mol. The van der Waals surface area contributed by atoms with E-state index in [0.29, 0.717) is 30.1 Å². The van der Waals surface area contributed by atoms with E-state index in [1.165, 1.54) is 6.07 Å². The first kappa shape index (κ1) is 16.2. The van der Waals surface area contributed by atoms with Gasteiger partial charge in [0.2, 0.25) is 5.56 Å². The van der Waals surface area contributed by atoms with Gasteiger partial charge in [-0.2, -0.15) is 5.10 Å². The molecule has 4 rings (SSSR count). The minimum Gasteiger partial charge on any atom is -0.328 e. The zero-order valence-corrected chi connectivity index (χ0v) is 14.9. The van der Waals surface area contributed by atoms with E-state index in [4.69, 9.17) is 0 Å². The summed E-state index contributed by atoms with van der Waals surface area (Å²) in [5.74, 6) is 1.48. The van der Waals surface area contributed by atoms with Crippen molar-refractivity contribution in [3.8, 4) is 11.4 Å². The molecule has 1 saturated heterocycles. The van der Waals surface area contributed by atoms with Gasteiger partial charge >= 0.3 is 0 Å². The van der Waals surface area contributed by atoms with Gasteiger partial charge in [0.1, 0.15) is 0 Å². The van der Waals surface area contributed by atoms with Crippen molar-refractivity contribution in [2.75, 3.05) is 11.5 Å². The van der Waals surface area contributed by atoms with Gasteiger partial charge in [0, 0.05) is 29.1 Å². The minimum atomic E-state index is -3.03. The summed E-state index contributed by atoms with van der Waals surface area (Å²) in [6.45, 7) is 0. The van der Waals surface area contributed by atoms with Crippen LogP contribution in [0.4, 0.5) is 0 Å². The molecule has 3 aromatic rings. The second kappa shape index (κ2) is 6.23. The van der Waals surface area contributed by atoms with E-state index >= 15 is 0 Å². The standard InChI is InChI=1S/C16H16N4O3S2/c21-15-4-3-11(9-17-15)16-18-14(8-13-2-1-6-24-13)19-20(16)12-5-7-25(22,23)10-12/h1-4,6,9,12H,5,7-8,10H2,(H,17,21). The van der Waals surface area contributed by atoms with Crippen molar-refractivity contribution in [1.29, 1.82) is 0 Å². The molecule has 4 heterocycles. The van der Waals surface area contributed by atoms with Crippen molar-refractivity contribution < 1.29 is 8.42 Å². The summed E-state index contributed by atoms with van der Waals surface area (Å²) < 4.78 is 25.4. The highest BCUT2D eigenvalue weighted by Gasteiger charge is 2.32. The van der Waals surface area contributed by atoms with Gasteiger partial charge in [-0.3, -0.25) is 4.79 Å². The van der Waals surface area contributed by atoms with E-state index in [9.17, 15) is 13.2 Å². The van der Waals surface area contributed by atoms with Crippen molar-refractivity contribution in [2.24, 2.45) is 0 Å². The van der Waals surface area contributed by atoms with Crippen LogP contribution in [0.15, 0.2) is 40.6 Å². The van der Waals surface area contributed by atoms with Crippen LogP contribution >= 0.6 is 11.3 Å². The summed E-state index contributed by atoms with van der Waals surface area (Å²) in [6, 6.07) is 6.88. The number of aromatic amines is 1. The second-order valence-electron chi connectivity index (χ2n) is 6.05. The Balaban J connectivity index is 1.75. The lowest BCUT2D eigenvalue weighted by Crippen LogP contribution is -2.14. The average molecular weight is 376 g/mol. The summed E-state index contributed by atoms with van der Waals surface area (Å²) in [7, 11) is -3.03.